The minimum Gasteiger partial charge on any atom is -0.497 e. The molecule has 0 unspecified atom stereocenters. The molecule has 0 spiro atoms. The van der Waals surface area contributed by atoms with Gasteiger partial charge in [-0.25, -0.2) is 0 Å². The predicted octanol–water partition coefficient (Wildman–Crippen LogP) is 3.68. The second-order valence-corrected chi connectivity index (χ2v) is 9.68. The number of nitrogen functional groups attached to an aromatic ring is 1. The molecule has 0 aliphatic heterocycles. The molecule has 1 aliphatic carbocycles. The lowest BCUT2D eigenvalue weighted by Gasteiger charge is -2.32. The maximum Gasteiger partial charge on any atom is 0.273 e. The lowest BCUT2D eigenvalue weighted by atomic mass is 10.0. The SMILES string of the molecule is CCOc1ccc([C@@H](C(=O)NC2CCCC2)N(C(=O)c2snc(C(N)=O)c2N)c2ccc(OC)cc2)cc1. The van der Waals surface area contributed by atoms with Crippen molar-refractivity contribution in [3.8, 4) is 11.5 Å². The standard InChI is InChI=1S/C27H31N5O5S/c1-3-37-20-12-8-16(9-13-20)23(26(34)30-17-6-4-5-7-17)32(18-10-14-19(36-2)15-11-18)27(35)24-21(28)22(25(29)33)31-38-24/h8-15,17,23H,3-7,28H2,1-2H3,(H2,29,33)(H,30,34)/t23-/m0/s1. The zero-order valence-electron chi connectivity index (χ0n) is 21.3. The first kappa shape index (κ1) is 26.9. The van der Waals surface area contributed by atoms with Crippen LogP contribution in [0.4, 0.5) is 11.4 Å². The predicted molar refractivity (Wildman–Crippen MR) is 146 cm³/mol. The Morgan fingerprint density at radius 3 is 2.26 bits per heavy atom. The first-order valence-corrected chi connectivity index (χ1v) is 13.2. The van der Waals surface area contributed by atoms with Crippen molar-refractivity contribution in [1.29, 1.82) is 0 Å². The molecule has 1 atom stereocenters. The van der Waals surface area contributed by atoms with E-state index in [-0.39, 0.29) is 28.2 Å². The van der Waals surface area contributed by atoms with E-state index in [0.29, 0.717) is 29.4 Å². The molecule has 3 aromatic rings. The molecule has 4 rings (SSSR count). The number of amides is 3. The average Bonchev–Trinajstić information content (AvgIpc) is 3.57. The molecule has 0 saturated heterocycles. The highest BCUT2D eigenvalue weighted by molar-refractivity contribution is 7.09. The van der Waals surface area contributed by atoms with Gasteiger partial charge in [0, 0.05) is 11.7 Å². The molecule has 1 saturated carbocycles. The molecule has 3 amide bonds. The fourth-order valence-electron chi connectivity index (χ4n) is 4.55. The van der Waals surface area contributed by atoms with Gasteiger partial charge in [0.25, 0.3) is 11.8 Å². The molecule has 11 heteroatoms. The number of nitrogens with one attached hydrogen (secondary N) is 1. The van der Waals surface area contributed by atoms with Crippen LogP contribution in [0.2, 0.25) is 0 Å². The average molecular weight is 538 g/mol. The van der Waals surface area contributed by atoms with E-state index < -0.39 is 17.9 Å². The van der Waals surface area contributed by atoms with Crippen LogP contribution in [0, 0.1) is 0 Å². The van der Waals surface area contributed by atoms with Gasteiger partial charge >= 0.3 is 0 Å². The highest BCUT2D eigenvalue weighted by atomic mass is 32.1. The molecule has 200 valence electrons. The van der Waals surface area contributed by atoms with Crippen LogP contribution in [0.15, 0.2) is 48.5 Å². The fourth-order valence-corrected chi connectivity index (χ4v) is 5.29. The molecule has 1 aliphatic rings. The second-order valence-electron chi connectivity index (χ2n) is 8.91. The summed E-state index contributed by atoms with van der Waals surface area (Å²) in [6, 6.07) is 12.8. The van der Waals surface area contributed by atoms with Crippen LogP contribution in [0.3, 0.4) is 0 Å². The van der Waals surface area contributed by atoms with Crippen molar-refractivity contribution >= 4 is 40.6 Å². The van der Waals surface area contributed by atoms with Crippen LogP contribution in [-0.2, 0) is 4.79 Å². The molecular formula is C27H31N5O5S. The largest absolute Gasteiger partial charge is 0.497 e. The van der Waals surface area contributed by atoms with Crippen LogP contribution in [0.1, 0.15) is 64.4 Å². The molecule has 1 fully saturated rings. The number of hydrogen-bond acceptors (Lipinski definition) is 8. The molecule has 5 N–H and O–H groups in total. The van der Waals surface area contributed by atoms with Crippen LogP contribution in [0.5, 0.6) is 11.5 Å². The molecule has 1 heterocycles. The van der Waals surface area contributed by atoms with E-state index in [1.165, 1.54) is 4.90 Å². The summed E-state index contributed by atoms with van der Waals surface area (Å²) in [5, 5.41) is 3.13. The number of carbonyl (C=O) groups excluding carboxylic acids is 3. The Morgan fingerprint density at radius 2 is 1.71 bits per heavy atom. The fraction of sp³-hybridized carbons (Fsp3) is 0.333. The van der Waals surface area contributed by atoms with Crippen LogP contribution in [-0.4, -0.2) is 41.9 Å². The van der Waals surface area contributed by atoms with Crippen LogP contribution < -0.4 is 31.2 Å². The topological polar surface area (TPSA) is 150 Å². The normalized spacial score (nSPS) is 14.1. The van der Waals surface area contributed by atoms with E-state index in [1.807, 2.05) is 6.92 Å². The summed E-state index contributed by atoms with van der Waals surface area (Å²) < 4.78 is 14.8. The number of ether oxygens (including phenoxy) is 2. The van der Waals surface area contributed by atoms with Gasteiger partial charge in [-0.1, -0.05) is 25.0 Å². The first-order chi connectivity index (χ1) is 18.3. The number of anilines is 2. The zero-order valence-corrected chi connectivity index (χ0v) is 22.1. The summed E-state index contributed by atoms with van der Waals surface area (Å²) in [4.78, 5) is 41.2. The summed E-state index contributed by atoms with van der Waals surface area (Å²) in [5.74, 6) is -0.522. The number of hydrogen-bond donors (Lipinski definition) is 3. The van der Waals surface area contributed by atoms with Crippen molar-refractivity contribution in [2.45, 2.75) is 44.7 Å². The number of primary amides is 1. The number of aromatic nitrogens is 1. The number of carbonyl (C=O) groups is 3. The highest BCUT2D eigenvalue weighted by Gasteiger charge is 2.37. The molecule has 2 aromatic carbocycles. The van der Waals surface area contributed by atoms with Crippen molar-refractivity contribution in [3.05, 3.63) is 64.7 Å². The number of nitrogens with two attached hydrogens (primary N) is 2. The molecule has 38 heavy (non-hydrogen) atoms. The molecular weight excluding hydrogens is 506 g/mol. The molecule has 0 radical (unpaired) electrons. The van der Waals surface area contributed by atoms with E-state index >= 15 is 0 Å². The Kier molecular flexibility index (Phi) is 8.47. The third-order valence-corrected chi connectivity index (χ3v) is 7.29. The smallest absolute Gasteiger partial charge is 0.273 e. The van der Waals surface area contributed by atoms with E-state index in [0.717, 1.165) is 37.2 Å². The van der Waals surface area contributed by atoms with Gasteiger partial charge in [0.15, 0.2) is 5.69 Å². The van der Waals surface area contributed by atoms with E-state index in [4.69, 9.17) is 20.9 Å². The van der Waals surface area contributed by atoms with Crippen molar-refractivity contribution in [3.63, 3.8) is 0 Å². The minimum absolute atomic E-state index is 0.0132. The van der Waals surface area contributed by atoms with Crippen molar-refractivity contribution in [2.75, 3.05) is 24.4 Å². The first-order valence-electron chi connectivity index (χ1n) is 12.4. The molecule has 10 nitrogen and oxygen atoms in total. The van der Waals surface area contributed by atoms with Gasteiger partial charge < -0.3 is 26.3 Å². The van der Waals surface area contributed by atoms with Gasteiger partial charge in [-0.15, -0.1) is 0 Å². The third-order valence-electron chi connectivity index (χ3n) is 6.44. The highest BCUT2D eigenvalue weighted by Crippen LogP contribution is 2.35. The van der Waals surface area contributed by atoms with Gasteiger partial charge in [0.1, 0.15) is 22.4 Å². The summed E-state index contributed by atoms with van der Waals surface area (Å²) in [6.45, 7) is 2.38. The number of nitrogens with zero attached hydrogens (tertiary/aromatic N) is 2. The monoisotopic (exact) mass is 537 g/mol. The van der Waals surface area contributed by atoms with E-state index in [2.05, 4.69) is 9.69 Å². The Morgan fingerprint density at radius 1 is 1.08 bits per heavy atom. The number of methoxy groups -OCH3 is 1. The maximum atomic E-state index is 14.1. The summed E-state index contributed by atoms with van der Waals surface area (Å²) in [7, 11) is 1.54. The van der Waals surface area contributed by atoms with Gasteiger partial charge in [-0.05, 0) is 73.3 Å². The van der Waals surface area contributed by atoms with Crippen molar-refractivity contribution in [2.24, 2.45) is 5.73 Å². The van der Waals surface area contributed by atoms with Gasteiger partial charge in [-0.2, -0.15) is 4.37 Å². The van der Waals surface area contributed by atoms with Crippen LogP contribution in [0.25, 0.3) is 0 Å². The minimum atomic E-state index is -1.05. The Labute approximate surface area is 225 Å². The van der Waals surface area contributed by atoms with Crippen LogP contribution >= 0.6 is 11.5 Å². The summed E-state index contributed by atoms with van der Waals surface area (Å²) in [5.41, 5.74) is 12.2. The van der Waals surface area contributed by atoms with Gasteiger partial charge in [0.2, 0.25) is 5.91 Å². The number of benzene rings is 2. The Bertz CT molecular complexity index is 1290. The lowest BCUT2D eigenvalue weighted by molar-refractivity contribution is -0.123. The van der Waals surface area contributed by atoms with Crippen molar-refractivity contribution in [1.82, 2.24) is 9.69 Å². The van der Waals surface area contributed by atoms with Gasteiger partial charge in [0.05, 0.1) is 19.4 Å². The number of rotatable bonds is 10. The molecule has 1 aromatic heterocycles. The Balaban J connectivity index is 1.84. The summed E-state index contributed by atoms with van der Waals surface area (Å²) in [6.07, 6.45) is 3.82. The summed E-state index contributed by atoms with van der Waals surface area (Å²) >= 11 is 0.766. The quantitative estimate of drug-likeness (QED) is 0.357. The third kappa shape index (κ3) is 5.72. The van der Waals surface area contributed by atoms with Gasteiger partial charge in [-0.3, -0.25) is 19.3 Å². The maximum absolute atomic E-state index is 14.1. The lowest BCUT2D eigenvalue weighted by Crippen LogP contribution is -2.46. The second kappa shape index (κ2) is 12.0. The van der Waals surface area contributed by atoms with E-state index in [1.54, 1.807) is 55.6 Å². The van der Waals surface area contributed by atoms with Crippen molar-refractivity contribution < 1.29 is 23.9 Å². The zero-order chi connectivity index (χ0) is 27.2. The molecule has 0 bridgehead atoms. The Hall–Kier alpha value is -4.12. The van der Waals surface area contributed by atoms with E-state index in [9.17, 15) is 14.4 Å².